The Morgan fingerprint density at radius 3 is 2.85 bits per heavy atom. The van der Waals surface area contributed by atoms with Gasteiger partial charge in [0, 0.05) is 18.8 Å². The van der Waals surface area contributed by atoms with E-state index in [-0.39, 0.29) is 11.9 Å². The summed E-state index contributed by atoms with van der Waals surface area (Å²) in [6.45, 7) is 4.02. The number of nitrogens with zero attached hydrogens (tertiary/aromatic N) is 2. The molecule has 4 rings (SSSR count). The zero-order chi connectivity index (χ0) is 17.9. The van der Waals surface area contributed by atoms with Crippen molar-refractivity contribution in [2.45, 2.75) is 19.4 Å². The fourth-order valence-electron chi connectivity index (χ4n) is 3.28. The molecule has 0 spiro atoms. The lowest BCUT2D eigenvalue weighted by molar-refractivity contribution is 0.0916. The lowest BCUT2D eigenvalue weighted by Crippen LogP contribution is -2.50. The molecule has 134 valence electrons. The summed E-state index contributed by atoms with van der Waals surface area (Å²) >= 11 is 1.59. The molecule has 1 amide bonds. The molecule has 6 heteroatoms. The van der Waals surface area contributed by atoms with Gasteiger partial charge in [0.1, 0.15) is 5.69 Å². The summed E-state index contributed by atoms with van der Waals surface area (Å²) in [4.78, 5) is 14.0. The number of rotatable bonds is 4. The van der Waals surface area contributed by atoms with Crippen molar-refractivity contribution < 1.29 is 4.79 Å². The number of hydrogen-bond acceptors (Lipinski definition) is 4. The maximum absolute atomic E-state index is 13.0. The molecule has 2 N–H and O–H groups in total. The molecule has 1 fully saturated rings. The van der Waals surface area contributed by atoms with Crippen LogP contribution in [-0.2, 0) is 0 Å². The number of hydrogen-bond donors (Lipinski definition) is 2. The van der Waals surface area contributed by atoms with E-state index in [9.17, 15) is 4.79 Å². The largest absolute Gasteiger partial charge is 0.348 e. The van der Waals surface area contributed by atoms with Crippen LogP contribution in [0.1, 0.15) is 23.7 Å². The molecule has 0 radical (unpaired) electrons. The third kappa shape index (κ3) is 3.43. The highest BCUT2D eigenvalue weighted by atomic mass is 32.1. The average Bonchev–Trinajstić information content (AvgIpc) is 3.34. The van der Waals surface area contributed by atoms with Gasteiger partial charge in [-0.2, -0.15) is 5.10 Å². The summed E-state index contributed by atoms with van der Waals surface area (Å²) in [7, 11) is 0. The molecule has 1 saturated heterocycles. The van der Waals surface area contributed by atoms with Gasteiger partial charge < -0.3 is 10.6 Å². The predicted molar refractivity (Wildman–Crippen MR) is 105 cm³/mol. The first-order chi connectivity index (χ1) is 12.7. The van der Waals surface area contributed by atoms with Crippen molar-refractivity contribution in [2.75, 3.05) is 13.1 Å². The second-order valence-corrected chi connectivity index (χ2v) is 7.65. The van der Waals surface area contributed by atoms with Gasteiger partial charge in [0.05, 0.1) is 16.1 Å². The second-order valence-electron chi connectivity index (χ2n) is 6.70. The van der Waals surface area contributed by atoms with Crippen LogP contribution in [0.2, 0.25) is 0 Å². The van der Waals surface area contributed by atoms with E-state index < -0.39 is 0 Å². The zero-order valence-corrected chi connectivity index (χ0v) is 15.5. The van der Waals surface area contributed by atoms with Gasteiger partial charge in [0.2, 0.25) is 0 Å². The van der Waals surface area contributed by atoms with Gasteiger partial charge in [0.15, 0.2) is 0 Å². The molecule has 0 aliphatic carbocycles. The third-order valence-corrected chi connectivity index (χ3v) is 5.75. The minimum Gasteiger partial charge on any atom is -0.348 e. The highest BCUT2D eigenvalue weighted by Gasteiger charge is 2.26. The number of carbonyl (C=O) groups is 1. The van der Waals surface area contributed by atoms with Crippen LogP contribution in [0.15, 0.2) is 54.0 Å². The molecule has 1 aromatic carbocycles. The molecule has 2 atom stereocenters. The number of benzene rings is 1. The topological polar surface area (TPSA) is 58.9 Å². The second kappa shape index (κ2) is 7.43. The van der Waals surface area contributed by atoms with E-state index in [0.29, 0.717) is 11.5 Å². The van der Waals surface area contributed by atoms with E-state index in [2.05, 4.69) is 17.6 Å². The Kier molecular flexibility index (Phi) is 4.86. The van der Waals surface area contributed by atoms with Crippen molar-refractivity contribution >= 4 is 17.2 Å². The standard InChI is InChI=1S/C20H22N4OS/c1-14-9-10-21-12-17(14)22-20(25)16-13-24(15-6-3-2-4-7-15)23-19(16)18-8-5-11-26-18/h2-8,11,13-14,17,21H,9-10,12H2,1H3,(H,22,25). The van der Waals surface area contributed by atoms with Crippen molar-refractivity contribution in [3.63, 3.8) is 0 Å². The van der Waals surface area contributed by atoms with Crippen LogP contribution in [0.4, 0.5) is 0 Å². The van der Waals surface area contributed by atoms with E-state index in [0.717, 1.165) is 35.8 Å². The Morgan fingerprint density at radius 2 is 2.12 bits per heavy atom. The zero-order valence-electron chi connectivity index (χ0n) is 14.7. The summed E-state index contributed by atoms with van der Waals surface area (Å²) in [5, 5.41) is 13.3. The van der Waals surface area contributed by atoms with E-state index in [1.807, 2.05) is 54.0 Å². The molecule has 3 aromatic rings. The lowest BCUT2D eigenvalue weighted by atomic mass is 9.94. The van der Waals surface area contributed by atoms with Crippen molar-refractivity contribution in [1.82, 2.24) is 20.4 Å². The summed E-state index contributed by atoms with van der Waals surface area (Å²) < 4.78 is 1.78. The van der Waals surface area contributed by atoms with Crippen LogP contribution in [0.25, 0.3) is 16.3 Å². The summed E-state index contributed by atoms with van der Waals surface area (Å²) in [6.07, 6.45) is 2.91. The Bertz CT molecular complexity index is 873. The Balaban J connectivity index is 1.67. The SMILES string of the molecule is CC1CCNCC1NC(=O)c1cn(-c2ccccc2)nc1-c1cccs1. The number of carbonyl (C=O) groups excluding carboxylic acids is 1. The van der Waals surface area contributed by atoms with E-state index in [1.54, 1.807) is 16.0 Å². The Morgan fingerprint density at radius 1 is 1.27 bits per heavy atom. The quantitative estimate of drug-likeness (QED) is 0.745. The predicted octanol–water partition coefficient (Wildman–Crippen LogP) is 3.33. The summed E-state index contributed by atoms with van der Waals surface area (Å²) in [5.74, 6) is 0.408. The van der Waals surface area contributed by atoms with Gasteiger partial charge in [-0.05, 0) is 42.5 Å². The van der Waals surface area contributed by atoms with Crippen molar-refractivity contribution in [3.8, 4) is 16.3 Å². The smallest absolute Gasteiger partial charge is 0.255 e. The fourth-order valence-corrected chi connectivity index (χ4v) is 4.00. The van der Waals surface area contributed by atoms with Crippen molar-refractivity contribution in [3.05, 3.63) is 59.6 Å². The van der Waals surface area contributed by atoms with Gasteiger partial charge in [-0.3, -0.25) is 4.79 Å². The van der Waals surface area contributed by atoms with Gasteiger partial charge in [-0.15, -0.1) is 11.3 Å². The first-order valence-corrected chi connectivity index (χ1v) is 9.81. The number of piperidine rings is 1. The molecule has 1 aliphatic heterocycles. The molecule has 3 heterocycles. The van der Waals surface area contributed by atoms with Crippen LogP contribution in [0.5, 0.6) is 0 Å². The molecule has 1 aliphatic rings. The van der Waals surface area contributed by atoms with Crippen LogP contribution >= 0.6 is 11.3 Å². The van der Waals surface area contributed by atoms with Gasteiger partial charge in [0.25, 0.3) is 5.91 Å². The number of nitrogens with one attached hydrogen (secondary N) is 2. The van der Waals surface area contributed by atoms with Crippen molar-refractivity contribution in [1.29, 1.82) is 0 Å². The average molecular weight is 366 g/mol. The van der Waals surface area contributed by atoms with Crippen molar-refractivity contribution in [2.24, 2.45) is 5.92 Å². The van der Waals surface area contributed by atoms with Crippen LogP contribution in [0.3, 0.4) is 0 Å². The van der Waals surface area contributed by atoms with Gasteiger partial charge in [-0.25, -0.2) is 4.68 Å². The maximum Gasteiger partial charge on any atom is 0.255 e. The van der Waals surface area contributed by atoms with Crippen LogP contribution < -0.4 is 10.6 Å². The maximum atomic E-state index is 13.0. The van der Waals surface area contributed by atoms with E-state index >= 15 is 0 Å². The molecular weight excluding hydrogens is 344 g/mol. The molecule has 2 unspecified atom stereocenters. The first-order valence-electron chi connectivity index (χ1n) is 8.93. The highest BCUT2D eigenvalue weighted by Crippen LogP contribution is 2.28. The monoisotopic (exact) mass is 366 g/mol. The molecule has 0 bridgehead atoms. The molecule has 5 nitrogen and oxygen atoms in total. The normalized spacial score (nSPS) is 20.0. The Labute approximate surface area is 157 Å². The van der Waals surface area contributed by atoms with Gasteiger partial charge >= 0.3 is 0 Å². The van der Waals surface area contributed by atoms with Crippen LogP contribution in [0, 0.1) is 5.92 Å². The summed E-state index contributed by atoms with van der Waals surface area (Å²) in [5.41, 5.74) is 2.30. The van der Waals surface area contributed by atoms with E-state index in [4.69, 9.17) is 5.10 Å². The number of para-hydroxylation sites is 1. The number of thiophene rings is 1. The first kappa shape index (κ1) is 17.0. The minimum atomic E-state index is -0.0591. The highest BCUT2D eigenvalue weighted by molar-refractivity contribution is 7.13. The third-order valence-electron chi connectivity index (χ3n) is 4.88. The van der Waals surface area contributed by atoms with E-state index in [1.165, 1.54) is 0 Å². The van der Waals surface area contributed by atoms with Gasteiger partial charge in [-0.1, -0.05) is 31.2 Å². The van der Waals surface area contributed by atoms with Crippen LogP contribution in [-0.4, -0.2) is 34.8 Å². The fraction of sp³-hybridized carbons (Fsp3) is 0.300. The minimum absolute atomic E-state index is 0.0591. The lowest BCUT2D eigenvalue weighted by Gasteiger charge is -2.30. The number of aromatic nitrogens is 2. The Hall–Kier alpha value is -2.44. The number of amides is 1. The molecular formula is C20H22N4OS. The molecule has 0 saturated carbocycles. The molecule has 26 heavy (non-hydrogen) atoms. The molecule has 2 aromatic heterocycles. The summed E-state index contributed by atoms with van der Waals surface area (Å²) in [6, 6.07) is 14.0.